The quantitative estimate of drug-likeness (QED) is 0.807. The highest BCUT2D eigenvalue weighted by molar-refractivity contribution is 5.90. The van der Waals surface area contributed by atoms with Gasteiger partial charge in [-0.1, -0.05) is 0 Å². The molecule has 23 heavy (non-hydrogen) atoms. The molecule has 0 radical (unpaired) electrons. The first-order chi connectivity index (χ1) is 10.7. The van der Waals surface area contributed by atoms with Crippen molar-refractivity contribution in [3.8, 4) is 0 Å². The number of hydrogen-bond acceptors (Lipinski definition) is 5. The summed E-state index contributed by atoms with van der Waals surface area (Å²) in [6.07, 6.45) is -2.22. The van der Waals surface area contributed by atoms with Gasteiger partial charge in [0.2, 0.25) is 0 Å². The maximum atomic E-state index is 12.9. The van der Waals surface area contributed by atoms with Crippen molar-refractivity contribution in [2.45, 2.75) is 40.1 Å². The minimum absolute atomic E-state index is 0.209. The molecule has 0 bridgehead atoms. The molecular formula is C14H15F3N4O2. The lowest BCUT2D eigenvalue weighted by Crippen LogP contribution is -2.14. The van der Waals surface area contributed by atoms with Crippen LogP contribution in [0.3, 0.4) is 0 Å². The largest absolute Gasteiger partial charge is 0.457 e. The second kappa shape index (κ2) is 6.35. The molecule has 0 aliphatic heterocycles. The lowest BCUT2D eigenvalue weighted by atomic mass is 10.2. The van der Waals surface area contributed by atoms with E-state index in [4.69, 9.17) is 4.74 Å². The van der Waals surface area contributed by atoms with E-state index in [1.165, 1.54) is 6.20 Å². The van der Waals surface area contributed by atoms with Gasteiger partial charge in [-0.2, -0.15) is 18.3 Å². The molecule has 0 aliphatic carbocycles. The number of carbonyl (C=O) groups excluding carboxylic acids is 1. The summed E-state index contributed by atoms with van der Waals surface area (Å²) in [7, 11) is 0. The topological polar surface area (TPSA) is 69.9 Å². The van der Waals surface area contributed by atoms with E-state index in [1.807, 2.05) is 0 Å². The fraction of sp³-hybridized carbons (Fsp3) is 0.429. The van der Waals surface area contributed by atoms with E-state index in [2.05, 4.69) is 15.1 Å². The molecule has 2 aromatic heterocycles. The third-order valence-electron chi connectivity index (χ3n) is 3.13. The Kier molecular flexibility index (Phi) is 4.67. The molecule has 0 atom stereocenters. The highest BCUT2D eigenvalue weighted by Crippen LogP contribution is 2.31. The second-order valence-electron chi connectivity index (χ2n) is 4.85. The lowest BCUT2D eigenvalue weighted by Gasteiger charge is -2.08. The van der Waals surface area contributed by atoms with E-state index in [0.29, 0.717) is 17.1 Å². The predicted octanol–water partition coefficient (Wildman–Crippen LogP) is 2.69. The summed E-state index contributed by atoms with van der Waals surface area (Å²) in [5.74, 6) is -0.529. The van der Waals surface area contributed by atoms with Crippen LogP contribution < -0.4 is 0 Å². The first-order valence-electron chi connectivity index (χ1n) is 6.83. The number of hydrogen-bond donors (Lipinski definition) is 0. The monoisotopic (exact) mass is 328 g/mol. The SMILES string of the molecule is CCn1cc(C(=O)OCc2cnc(C)nc2C)c(C(F)(F)F)n1. The van der Waals surface area contributed by atoms with Gasteiger partial charge in [0.1, 0.15) is 18.0 Å². The number of aryl methyl sites for hydroxylation is 3. The third-order valence-corrected chi connectivity index (χ3v) is 3.13. The molecule has 0 fully saturated rings. The summed E-state index contributed by atoms with van der Waals surface area (Å²) in [6.45, 7) is 5.03. The molecule has 9 heteroatoms. The summed E-state index contributed by atoms with van der Waals surface area (Å²) in [4.78, 5) is 20.0. The lowest BCUT2D eigenvalue weighted by molar-refractivity contribution is -0.142. The Morgan fingerprint density at radius 1 is 1.35 bits per heavy atom. The zero-order valence-electron chi connectivity index (χ0n) is 12.8. The smallest absolute Gasteiger partial charge is 0.436 e. The van der Waals surface area contributed by atoms with Crippen molar-refractivity contribution in [1.82, 2.24) is 19.7 Å². The van der Waals surface area contributed by atoms with Gasteiger partial charge in [-0.15, -0.1) is 0 Å². The van der Waals surface area contributed by atoms with Crippen molar-refractivity contribution in [3.05, 3.63) is 40.7 Å². The normalized spacial score (nSPS) is 11.6. The van der Waals surface area contributed by atoms with E-state index in [0.717, 1.165) is 10.9 Å². The molecule has 124 valence electrons. The number of esters is 1. The van der Waals surface area contributed by atoms with Crippen LogP contribution in [-0.2, 0) is 24.1 Å². The molecular weight excluding hydrogens is 313 g/mol. The van der Waals surface area contributed by atoms with Crippen molar-refractivity contribution in [2.75, 3.05) is 0 Å². The summed E-state index contributed by atoms with van der Waals surface area (Å²) in [5, 5.41) is 3.37. The van der Waals surface area contributed by atoms with Crippen molar-refractivity contribution in [1.29, 1.82) is 0 Å². The highest BCUT2D eigenvalue weighted by Gasteiger charge is 2.39. The molecule has 0 N–H and O–H groups in total. The number of nitrogens with zero attached hydrogens (tertiary/aromatic N) is 4. The molecule has 0 unspecified atom stereocenters. The third kappa shape index (κ3) is 3.85. The first kappa shape index (κ1) is 16.9. The van der Waals surface area contributed by atoms with E-state index in [9.17, 15) is 18.0 Å². The number of aromatic nitrogens is 4. The predicted molar refractivity (Wildman–Crippen MR) is 73.5 cm³/mol. The van der Waals surface area contributed by atoms with Gasteiger partial charge in [0, 0.05) is 30.2 Å². The summed E-state index contributed by atoms with van der Waals surface area (Å²) >= 11 is 0. The van der Waals surface area contributed by atoms with Gasteiger partial charge in [-0.3, -0.25) is 4.68 Å². The Balaban J connectivity index is 2.19. The molecule has 0 aliphatic rings. The van der Waals surface area contributed by atoms with Gasteiger partial charge >= 0.3 is 12.1 Å². The summed E-state index contributed by atoms with van der Waals surface area (Å²) in [5.41, 5.74) is -0.725. The number of halogens is 3. The standard InChI is InChI=1S/C14H15F3N4O2/c1-4-21-6-11(12(20-21)14(15,16)17)13(22)23-7-10-5-18-9(3)19-8(10)2/h5-6H,4,7H2,1-3H3. The van der Waals surface area contributed by atoms with Crippen LogP contribution in [0.2, 0.25) is 0 Å². The maximum Gasteiger partial charge on any atom is 0.436 e. The average Bonchev–Trinajstić information content (AvgIpc) is 2.90. The first-order valence-corrected chi connectivity index (χ1v) is 6.83. The van der Waals surface area contributed by atoms with Gasteiger partial charge in [-0.25, -0.2) is 14.8 Å². The molecule has 2 heterocycles. The van der Waals surface area contributed by atoms with E-state index in [-0.39, 0.29) is 13.2 Å². The fourth-order valence-corrected chi connectivity index (χ4v) is 1.91. The Labute approximate surface area is 130 Å². The summed E-state index contributed by atoms with van der Waals surface area (Å²) < 4.78 is 44.8. The molecule has 0 saturated carbocycles. The van der Waals surface area contributed by atoms with Gasteiger partial charge in [0.25, 0.3) is 0 Å². The minimum Gasteiger partial charge on any atom is -0.457 e. The number of carbonyl (C=O) groups is 1. The van der Waals surface area contributed by atoms with Crippen LogP contribution in [0.5, 0.6) is 0 Å². The van der Waals surface area contributed by atoms with E-state index >= 15 is 0 Å². The molecule has 2 rings (SSSR count). The van der Waals surface area contributed by atoms with Crippen LogP contribution in [0.1, 0.15) is 40.1 Å². The average molecular weight is 328 g/mol. The van der Waals surface area contributed by atoms with Crippen LogP contribution in [0.15, 0.2) is 12.4 Å². The zero-order chi connectivity index (χ0) is 17.2. The van der Waals surface area contributed by atoms with Crippen molar-refractivity contribution in [3.63, 3.8) is 0 Å². The molecule has 2 aromatic rings. The van der Waals surface area contributed by atoms with Crippen LogP contribution in [0, 0.1) is 13.8 Å². The van der Waals surface area contributed by atoms with E-state index < -0.39 is 23.4 Å². The van der Waals surface area contributed by atoms with Gasteiger partial charge in [0.05, 0.1) is 0 Å². The van der Waals surface area contributed by atoms with Gasteiger partial charge < -0.3 is 4.74 Å². The summed E-state index contributed by atoms with van der Waals surface area (Å²) in [6, 6.07) is 0. The van der Waals surface area contributed by atoms with Crippen LogP contribution in [0.25, 0.3) is 0 Å². The number of alkyl halides is 3. The van der Waals surface area contributed by atoms with E-state index in [1.54, 1.807) is 20.8 Å². The zero-order valence-corrected chi connectivity index (χ0v) is 12.8. The van der Waals surface area contributed by atoms with Crippen molar-refractivity contribution < 1.29 is 22.7 Å². The Bertz CT molecular complexity index is 725. The minimum atomic E-state index is -4.72. The Morgan fingerprint density at radius 3 is 2.61 bits per heavy atom. The van der Waals surface area contributed by atoms with Crippen molar-refractivity contribution in [2.24, 2.45) is 0 Å². The molecule has 0 amide bonds. The molecule has 0 aromatic carbocycles. The Hall–Kier alpha value is -2.45. The molecule has 0 saturated heterocycles. The van der Waals surface area contributed by atoms with Gasteiger partial charge in [0.15, 0.2) is 5.69 Å². The molecule has 0 spiro atoms. The maximum absolute atomic E-state index is 12.9. The van der Waals surface area contributed by atoms with Gasteiger partial charge in [-0.05, 0) is 20.8 Å². The molecule has 6 nitrogen and oxygen atoms in total. The fourth-order valence-electron chi connectivity index (χ4n) is 1.91. The number of rotatable bonds is 4. The second-order valence-corrected chi connectivity index (χ2v) is 4.85. The van der Waals surface area contributed by atoms with Crippen LogP contribution in [0.4, 0.5) is 13.2 Å². The van der Waals surface area contributed by atoms with Crippen LogP contribution >= 0.6 is 0 Å². The van der Waals surface area contributed by atoms with Crippen LogP contribution in [-0.4, -0.2) is 25.7 Å². The highest BCUT2D eigenvalue weighted by atomic mass is 19.4. The Morgan fingerprint density at radius 2 is 2.04 bits per heavy atom. The van der Waals surface area contributed by atoms with Crippen molar-refractivity contribution >= 4 is 5.97 Å². The number of ether oxygens (including phenoxy) is 1.